The highest BCUT2D eigenvalue weighted by molar-refractivity contribution is 5.92. The van der Waals surface area contributed by atoms with Crippen LogP contribution in [0.4, 0.5) is 4.39 Å². The van der Waals surface area contributed by atoms with Gasteiger partial charge in [0.25, 0.3) is 0 Å². The molecular weight excluding hydrogens is 285 g/mol. The standard InChI is InChI=1S/C17H14FNO3/c1-12(10-19)22-17(20)15-4-2-3-5-16(15)21-11-13-6-8-14(18)9-7-13/h2-9,12H,11H2,1H3. The van der Waals surface area contributed by atoms with Crippen molar-refractivity contribution in [1.29, 1.82) is 5.26 Å². The minimum absolute atomic E-state index is 0.193. The Hall–Kier alpha value is -2.87. The van der Waals surface area contributed by atoms with Crippen LogP contribution in [-0.2, 0) is 11.3 Å². The van der Waals surface area contributed by atoms with E-state index in [1.165, 1.54) is 19.1 Å². The zero-order valence-corrected chi connectivity index (χ0v) is 12.0. The van der Waals surface area contributed by atoms with Crippen molar-refractivity contribution in [3.63, 3.8) is 0 Å². The van der Waals surface area contributed by atoms with Crippen molar-refractivity contribution in [1.82, 2.24) is 0 Å². The predicted octanol–water partition coefficient (Wildman–Crippen LogP) is 3.47. The van der Waals surface area contributed by atoms with Crippen LogP contribution in [0, 0.1) is 17.1 Å². The van der Waals surface area contributed by atoms with Gasteiger partial charge < -0.3 is 9.47 Å². The first-order valence-electron chi connectivity index (χ1n) is 6.67. The first-order valence-corrected chi connectivity index (χ1v) is 6.67. The molecule has 1 unspecified atom stereocenters. The molecule has 112 valence electrons. The number of para-hydroxylation sites is 1. The van der Waals surface area contributed by atoms with Gasteiger partial charge in [-0.25, -0.2) is 9.18 Å². The second kappa shape index (κ2) is 7.23. The number of benzene rings is 2. The number of esters is 1. The van der Waals surface area contributed by atoms with Gasteiger partial charge >= 0.3 is 5.97 Å². The van der Waals surface area contributed by atoms with E-state index in [4.69, 9.17) is 14.7 Å². The number of nitriles is 1. The van der Waals surface area contributed by atoms with Gasteiger partial charge in [0.05, 0.1) is 0 Å². The van der Waals surface area contributed by atoms with E-state index in [1.807, 2.05) is 6.07 Å². The number of carbonyl (C=O) groups excluding carboxylic acids is 1. The number of nitrogens with zero attached hydrogens (tertiary/aromatic N) is 1. The molecule has 2 rings (SSSR count). The molecule has 0 aliphatic rings. The highest BCUT2D eigenvalue weighted by atomic mass is 19.1. The Balaban J connectivity index is 2.09. The Morgan fingerprint density at radius 3 is 2.59 bits per heavy atom. The van der Waals surface area contributed by atoms with Crippen molar-refractivity contribution >= 4 is 5.97 Å². The molecule has 0 radical (unpaired) electrons. The molecule has 0 heterocycles. The Morgan fingerprint density at radius 1 is 1.23 bits per heavy atom. The van der Waals surface area contributed by atoms with Crippen molar-refractivity contribution < 1.29 is 18.7 Å². The molecule has 2 aromatic rings. The van der Waals surface area contributed by atoms with Gasteiger partial charge in [-0.05, 0) is 36.8 Å². The summed E-state index contributed by atoms with van der Waals surface area (Å²) in [7, 11) is 0. The number of ether oxygens (including phenoxy) is 2. The molecule has 22 heavy (non-hydrogen) atoms. The van der Waals surface area contributed by atoms with Crippen LogP contribution in [0.1, 0.15) is 22.8 Å². The molecule has 0 aromatic heterocycles. The number of carbonyl (C=O) groups is 1. The maximum atomic E-state index is 12.8. The maximum absolute atomic E-state index is 12.8. The Labute approximate surface area is 127 Å². The van der Waals surface area contributed by atoms with Crippen LogP contribution in [0.3, 0.4) is 0 Å². The van der Waals surface area contributed by atoms with E-state index in [1.54, 1.807) is 36.4 Å². The molecule has 4 nitrogen and oxygen atoms in total. The molecule has 0 aliphatic heterocycles. The van der Waals surface area contributed by atoms with Crippen LogP contribution >= 0.6 is 0 Å². The zero-order valence-electron chi connectivity index (χ0n) is 12.0. The van der Waals surface area contributed by atoms with Gasteiger partial charge in [0.2, 0.25) is 0 Å². The van der Waals surface area contributed by atoms with Gasteiger partial charge in [0, 0.05) is 0 Å². The monoisotopic (exact) mass is 299 g/mol. The zero-order chi connectivity index (χ0) is 15.9. The Morgan fingerprint density at radius 2 is 1.91 bits per heavy atom. The summed E-state index contributed by atoms with van der Waals surface area (Å²) in [5.41, 5.74) is 1.02. The van der Waals surface area contributed by atoms with E-state index in [0.717, 1.165) is 5.56 Å². The van der Waals surface area contributed by atoms with E-state index >= 15 is 0 Å². The lowest BCUT2D eigenvalue weighted by atomic mass is 10.2. The summed E-state index contributed by atoms with van der Waals surface area (Å²) in [6.45, 7) is 1.68. The van der Waals surface area contributed by atoms with Crippen molar-refractivity contribution in [2.75, 3.05) is 0 Å². The SMILES string of the molecule is CC(C#N)OC(=O)c1ccccc1OCc1ccc(F)cc1. The first kappa shape index (κ1) is 15.5. The Kier molecular flexibility index (Phi) is 5.10. The second-order valence-electron chi connectivity index (χ2n) is 4.59. The molecule has 0 saturated heterocycles. The molecule has 0 bridgehead atoms. The minimum Gasteiger partial charge on any atom is -0.488 e. The number of hydrogen-bond acceptors (Lipinski definition) is 4. The summed E-state index contributed by atoms with van der Waals surface area (Å²) in [6, 6.07) is 14.3. The molecule has 5 heteroatoms. The largest absolute Gasteiger partial charge is 0.488 e. The second-order valence-corrected chi connectivity index (χ2v) is 4.59. The fourth-order valence-electron chi connectivity index (χ4n) is 1.75. The normalized spacial score (nSPS) is 11.3. The van der Waals surface area contributed by atoms with Crippen LogP contribution < -0.4 is 4.74 Å². The van der Waals surface area contributed by atoms with Gasteiger partial charge in [-0.1, -0.05) is 24.3 Å². The summed E-state index contributed by atoms with van der Waals surface area (Å²) in [6.07, 6.45) is -0.836. The highest BCUT2D eigenvalue weighted by Gasteiger charge is 2.16. The summed E-state index contributed by atoms with van der Waals surface area (Å²) < 4.78 is 23.4. The molecule has 0 aliphatic carbocycles. The summed E-state index contributed by atoms with van der Waals surface area (Å²) in [4.78, 5) is 12.0. The van der Waals surface area contributed by atoms with E-state index < -0.39 is 12.1 Å². The van der Waals surface area contributed by atoms with Crippen molar-refractivity contribution in [2.45, 2.75) is 19.6 Å². The van der Waals surface area contributed by atoms with Crippen molar-refractivity contribution in [3.05, 3.63) is 65.5 Å². The molecular formula is C17H14FNO3. The first-order chi connectivity index (χ1) is 10.6. The lowest BCUT2D eigenvalue weighted by Gasteiger charge is -2.12. The smallest absolute Gasteiger partial charge is 0.343 e. The Bertz CT molecular complexity index is 692. The van der Waals surface area contributed by atoms with Gasteiger partial charge in [0.15, 0.2) is 6.10 Å². The molecule has 0 amide bonds. The average molecular weight is 299 g/mol. The lowest BCUT2D eigenvalue weighted by Crippen LogP contribution is -2.14. The number of hydrogen-bond donors (Lipinski definition) is 0. The third-order valence-electron chi connectivity index (χ3n) is 2.88. The van der Waals surface area contributed by atoms with Gasteiger partial charge in [-0.15, -0.1) is 0 Å². The van der Waals surface area contributed by atoms with Gasteiger partial charge in [0.1, 0.15) is 29.8 Å². The van der Waals surface area contributed by atoms with E-state index in [9.17, 15) is 9.18 Å². The quantitative estimate of drug-likeness (QED) is 0.793. The topological polar surface area (TPSA) is 59.3 Å². The summed E-state index contributed by atoms with van der Waals surface area (Å²) in [5.74, 6) is -0.594. The van der Waals surface area contributed by atoms with Crippen molar-refractivity contribution in [2.24, 2.45) is 0 Å². The maximum Gasteiger partial charge on any atom is 0.343 e. The van der Waals surface area contributed by atoms with E-state index in [0.29, 0.717) is 5.75 Å². The fourth-order valence-corrected chi connectivity index (χ4v) is 1.75. The third-order valence-corrected chi connectivity index (χ3v) is 2.88. The highest BCUT2D eigenvalue weighted by Crippen LogP contribution is 2.21. The van der Waals surface area contributed by atoms with Crippen LogP contribution in [0.25, 0.3) is 0 Å². The molecule has 0 saturated carbocycles. The van der Waals surface area contributed by atoms with E-state index in [2.05, 4.69) is 0 Å². The predicted molar refractivity (Wildman–Crippen MR) is 77.7 cm³/mol. The van der Waals surface area contributed by atoms with Crippen LogP contribution in [-0.4, -0.2) is 12.1 Å². The van der Waals surface area contributed by atoms with Crippen LogP contribution in [0.2, 0.25) is 0 Å². The van der Waals surface area contributed by atoms with E-state index in [-0.39, 0.29) is 18.0 Å². The fraction of sp³-hybridized carbons (Fsp3) is 0.176. The van der Waals surface area contributed by atoms with Crippen molar-refractivity contribution in [3.8, 4) is 11.8 Å². The molecule has 0 spiro atoms. The summed E-state index contributed by atoms with van der Waals surface area (Å²) in [5, 5.41) is 8.69. The minimum atomic E-state index is -0.836. The average Bonchev–Trinajstić information content (AvgIpc) is 2.54. The molecule has 1 atom stereocenters. The lowest BCUT2D eigenvalue weighted by molar-refractivity contribution is 0.0430. The van der Waals surface area contributed by atoms with Gasteiger partial charge in [-0.3, -0.25) is 0 Å². The van der Waals surface area contributed by atoms with Gasteiger partial charge in [-0.2, -0.15) is 5.26 Å². The van der Waals surface area contributed by atoms with Crippen LogP contribution in [0.15, 0.2) is 48.5 Å². The molecule has 2 aromatic carbocycles. The third kappa shape index (κ3) is 4.06. The molecule has 0 N–H and O–H groups in total. The summed E-state index contributed by atoms with van der Waals surface area (Å²) >= 11 is 0. The molecule has 0 fully saturated rings. The number of halogens is 1. The van der Waals surface area contributed by atoms with Crippen LogP contribution in [0.5, 0.6) is 5.75 Å². The number of rotatable bonds is 5.